The molecule has 2 N–H and O–H groups in total. The average molecular weight is 321 g/mol. The van der Waals surface area contributed by atoms with E-state index < -0.39 is 15.9 Å². The minimum atomic E-state index is -3.29. The first-order chi connectivity index (χ1) is 10.4. The number of aliphatic hydroxyl groups is 1. The van der Waals surface area contributed by atoms with Gasteiger partial charge in [-0.05, 0) is 31.0 Å². The van der Waals surface area contributed by atoms with Crippen LogP contribution in [-0.4, -0.2) is 41.9 Å². The van der Waals surface area contributed by atoms with Crippen molar-refractivity contribution >= 4 is 26.6 Å². The minimum Gasteiger partial charge on any atom is -0.391 e. The molecule has 1 heterocycles. The highest BCUT2D eigenvalue weighted by Crippen LogP contribution is 2.26. The Labute approximate surface area is 129 Å². The summed E-state index contributed by atoms with van der Waals surface area (Å²) in [7, 11) is -3.29. The van der Waals surface area contributed by atoms with Gasteiger partial charge in [-0.2, -0.15) is 0 Å². The fourth-order valence-electron chi connectivity index (χ4n) is 2.84. The summed E-state index contributed by atoms with van der Waals surface area (Å²) < 4.78 is 23.5. The molecule has 1 aliphatic rings. The summed E-state index contributed by atoms with van der Waals surface area (Å²) in [6, 6.07) is 4.75. The zero-order valence-corrected chi connectivity index (χ0v) is 13.2. The Hall–Kier alpha value is -1.73. The highest BCUT2D eigenvalue weighted by Gasteiger charge is 2.24. The van der Waals surface area contributed by atoms with E-state index in [1.54, 1.807) is 18.2 Å². The van der Waals surface area contributed by atoms with Gasteiger partial charge >= 0.3 is 0 Å². The van der Waals surface area contributed by atoms with Crippen LogP contribution in [0.3, 0.4) is 0 Å². The molecule has 2 atom stereocenters. The lowest BCUT2D eigenvalue weighted by Gasteiger charge is -2.29. The predicted octanol–water partition coefficient (Wildman–Crippen LogP) is 1.75. The smallest absolute Gasteiger partial charge is 0.175 e. The number of aromatic nitrogens is 2. The molecule has 0 amide bonds. The molecule has 1 aromatic heterocycles. The SMILES string of the molecule is CS(=O)(=O)c1ccc2ncnc(NC3CCCCC3O)c2c1. The van der Waals surface area contributed by atoms with Gasteiger partial charge in [0.2, 0.25) is 0 Å². The largest absolute Gasteiger partial charge is 0.391 e. The number of hydrogen-bond donors (Lipinski definition) is 2. The Morgan fingerprint density at radius 2 is 2.00 bits per heavy atom. The van der Waals surface area contributed by atoms with Crippen molar-refractivity contribution < 1.29 is 13.5 Å². The van der Waals surface area contributed by atoms with Crippen LogP contribution < -0.4 is 5.32 Å². The molecule has 7 heteroatoms. The van der Waals surface area contributed by atoms with E-state index in [2.05, 4.69) is 15.3 Å². The highest BCUT2D eigenvalue weighted by atomic mass is 32.2. The number of anilines is 1. The van der Waals surface area contributed by atoms with Crippen LogP contribution >= 0.6 is 0 Å². The summed E-state index contributed by atoms with van der Waals surface area (Å²) in [5.74, 6) is 0.571. The standard InChI is InChI=1S/C15H19N3O3S/c1-22(20,21)10-6-7-12-11(8-10)15(17-9-16-12)18-13-4-2-3-5-14(13)19/h6-9,13-14,19H,2-5H2,1H3,(H,16,17,18). The second-order valence-electron chi connectivity index (χ2n) is 5.78. The van der Waals surface area contributed by atoms with Gasteiger partial charge in [0.25, 0.3) is 0 Å². The summed E-state index contributed by atoms with van der Waals surface area (Å²) in [5.41, 5.74) is 0.676. The van der Waals surface area contributed by atoms with Crippen LogP contribution in [0.15, 0.2) is 29.4 Å². The third kappa shape index (κ3) is 3.05. The van der Waals surface area contributed by atoms with Crippen LogP contribution in [0.1, 0.15) is 25.7 Å². The summed E-state index contributed by atoms with van der Waals surface area (Å²) in [5, 5.41) is 14.0. The normalized spacial score (nSPS) is 22.6. The van der Waals surface area contributed by atoms with Gasteiger partial charge < -0.3 is 10.4 Å². The van der Waals surface area contributed by atoms with E-state index in [1.807, 2.05) is 0 Å². The molecule has 0 saturated heterocycles. The molecule has 1 aromatic carbocycles. The molecule has 6 nitrogen and oxygen atoms in total. The predicted molar refractivity (Wildman–Crippen MR) is 84.5 cm³/mol. The molecule has 1 saturated carbocycles. The lowest BCUT2D eigenvalue weighted by molar-refractivity contribution is 0.116. The van der Waals surface area contributed by atoms with Crippen molar-refractivity contribution in [2.45, 2.75) is 42.7 Å². The van der Waals surface area contributed by atoms with Crippen LogP contribution in [0.25, 0.3) is 10.9 Å². The third-order valence-corrected chi connectivity index (χ3v) is 5.20. The summed E-state index contributed by atoms with van der Waals surface area (Å²) >= 11 is 0. The van der Waals surface area contributed by atoms with Crippen molar-refractivity contribution in [3.63, 3.8) is 0 Å². The van der Waals surface area contributed by atoms with Gasteiger partial charge in [0.1, 0.15) is 12.1 Å². The first-order valence-corrected chi connectivity index (χ1v) is 9.24. The molecule has 1 fully saturated rings. The molecule has 0 aliphatic heterocycles. The van der Waals surface area contributed by atoms with E-state index in [9.17, 15) is 13.5 Å². The monoisotopic (exact) mass is 321 g/mol. The number of nitrogens with zero attached hydrogens (tertiary/aromatic N) is 2. The second-order valence-corrected chi connectivity index (χ2v) is 7.79. The minimum absolute atomic E-state index is 0.0614. The van der Waals surface area contributed by atoms with Gasteiger partial charge in [-0.3, -0.25) is 0 Å². The lowest BCUT2D eigenvalue weighted by Crippen LogP contribution is -2.36. The lowest BCUT2D eigenvalue weighted by atomic mass is 9.92. The van der Waals surface area contributed by atoms with Crippen molar-refractivity contribution in [2.24, 2.45) is 0 Å². The number of fused-ring (bicyclic) bond motifs is 1. The highest BCUT2D eigenvalue weighted by molar-refractivity contribution is 7.90. The van der Waals surface area contributed by atoms with E-state index in [4.69, 9.17) is 0 Å². The van der Waals surface area contributed by atoms with Crippen molar-refractivity contribution in [3.8, 4) is 0 Å². The number of sulfone groups is 1. The first-order valence-electron chi connectivity index (χ1n) is 7.34. The Kier molecular flexibility index (Phi) is 4.01. The van der Waals surface area contributed by atoms with Gasteiger partial charge in [-0.1, -0.05) is 12.8 Å². The third-order valence-electron chi connectivity index (χ3n) is 4.09. The second kappa shape index (κ2) is 5.81. The van der Waals surface area contributed by atoms with Gasteiger partial charge in [-0.25, -0.2) is 18.4 Å². The molecule has 0 spiro atoms. The summed E-state index contributed by atoms with van der Waals surface area (Å²) in [6.45, 7) is 0. The van der Waals surface area contributed by atoms with E-state index in [1.165, 1.54) is 12.6 Å². The van der Waals surface area contributed by atoms with Crippen molar-refractivity contribution in [1.29, 1.82) is 0 Å². The topological polar surface area (TPSA) is 92.2 Å². The van der Waals surface area contributed by atoms with E-state index in [0.29, 0.717) is 16.7 Å². The number of rotatable bonds is 3. The zero-order valence-electron chi connectivity index (χ0n) is 12.4. The molecular weight excluding hydrogens is 302 g/mol. The molecule has 2 aromatic rings. The number of aliphatic hydroxyl groups excluding tert-OH is 1. The maximum atomic E-state index is 11.7. The molecule has 22 heavy (non-hydrogen) atoms. The van der Waals surface area contributed by atoms with E-state index in [0.717, 1.165) is 25.7 Å². The van der Waals surface area contributed by atoms with Crippen LogP contribution in [0.2, 0.25) is 0 Å². The Morgan fingerprint density at radius 3 is 2.73 bits per heavy atom. The molecule has 118 valence electrons. The first kappa shape index (κ1) is 15.2. The van der Waals surface area contributed by atoms with E-state index in [-0.39, 0.29) is 10.9 Å². The van der Waals surface area contributed by atoms with Crippen molar-refractivity contribution in [3.05, 3.63) is 24.5 Å². The molecule has 0 bridgehead atoms. The van der Waals surface area contributed by atoms with Gasteiger partial charge in [-0.15, -0.1) is 0 Å². The van der Waals surface area contributed by atoms with Gasteiger partial charge in [0.05, 0.1) is 22.6 Å². The number of nitrogens with one attached hydrogen (secondary N) is 1. The Bertz CT molecular complexity index is 792. The maximum Gasteiger partial charge on any atom is 0.175 e. The van der Waals surface area contributed by atoms with Crippen LogP contribution in [0.5, 0.6) is 0 Å². The maximum absolute atomic E-state index is 11.7. The van der Waals surface area contributed by atoms with Crippen LogP contribution in [0.4, 0.5) is 5.82 Å². The Morgan fingerprint density at radius 1 is 1.23 bits per heavy atom. The summed E-state index contributed by atoms with van der Waals surface area (Å²) in [4.78, 5) is 8.64. The number of hydrogen-bond acceptors (Lipinski definition) is 6. The molecular formula is C15H19N3O3S. The summed E-state index contributed by atoms with van der Waals surface area (Å²) in [6.07, 6.45) is 5.95. The molecule has 1 aliphatic carbocycles. The fourth-order valence-corrected chi connectivity index (χ4v) is 3.48. The van der Waals surface area contributed by atoms with Crippen molar-refractivity contribution in [1.82, 2.24) is 9.97 Å². The zero-order chi connectivity index (χ0) is 15.7. The quantitative estimate of drug-likeness (QED) is 0.895. The molecule has 3 rings (SSSR count). The molecule has 2 unspecified atom stereocenters. The van der Waals surface area contributed by atoms with E-state index >= 15 is 0 Å². The molecule has 0 radical (unpaired) electrons. The average Bonchev–Trinajstić information content (AvgIpc) is 2.48. The van der Waals surface area contributed by atoms with Gasteiger partial charge in [0, 0.05) is 11.6 Å². The van der Waals surface area contributed by atoms with Crippen LogP contribution in [0, 0.1) is 0 Å². The van der Waals surface area contributed by atoms with Crippen molar-refractivity contribution in [2.75, 3.05) is 11.6 Å². The number of benzene rings is 1. The fraction of sp³-hybridized carbons (Fsp3) is 0.467. The van der Waals surface area contributed by atoms with Crippen LogP contribution in [-0.2, 0) is 9.84 Å². The Balaban J connectivity index is 2.01. The van der Waals surface area contributed by atoms with Gasteiger partial charge in [0.15, 0.2) is 9.84 Å².